The van der Waals surface area contributed by atoms with Gasteiger partial charge in [-0.2, -0.15) is 0 Å². The average Bonchev–Trinajstić information content (AvgIpc) is 2.37. The van der Waals surface area contributed by atoms with Crippen molar-refractivity contribution < 1.29 is 9.53 Å². The molecule has 0 fully saturated rings. The van der Waals surface area contributed by atoms with E-state index >= 15 is 0 Å². The van der Waals surface area contributed by atoms with Crippen LogP contribution in [-0.4, -0.2) is 31.0 Å². The SMILES string of the molecule is C#CCN(CCC)C(=O)c1ccc(Br)cc1OC. The summed E-state index contributed by atoms with van der Waals surface area (Å²) in [5, 5.41) is 0. The molecule has 1 amide bonds. The fourth-order valence-corrected chi connectivity index (χ4v) is 1.98. The van der Waals surface area contributed by atoms with Gasteiger partial charge in [0.25, 0.3) is 5.91 Å². The van der Waals surface area contributed by atoms with E-state index in [9.17, 15) is 4.79 Å². The predicted octanol–water partition coefficient (Wildman–Crippen LogP) is 2.94. The minimum absolute atomic E-state index is 0.0980. The highest BCUT2D eigenvalue weighted by molar-refractivity contribution is 9.10. The molecule has 0 saturated carbocycles. The van der Waals surface area contributed by atoms with E-state index in [1.807, 2.05) is 13.0 Å². The van der Waals surface area contributed by atoms with Gasteiger partial charge in [0.15, 0.2) is 0 Å². The van der Waals surface area contributed by atoms with Crippen LogP contribution in [0.3, 0.4) is 0 Å². The van der Waals surface area contributed by atoms with Crippen LogP contribution in [0, 0.1) is 12.3 Å². The minimum atomic E-state index is -0.0980. The maximum Gasteiger partial charge on any atom is 0.258 e. The zero-order chi connectivity index (χ0) is 13.5. The van der Waals surface area contributed by atoms with Crippen LogP contribution in [0.1, 0.15) is 23.7 Å². The molecule has 96 valence electrons. The zero-order valence-corrected chi connectivity index (χ0v) is 12.2. The van der Waals surface area contributed by atoms with Crippen LogP contribution >= 0.6 is 15.9 Å². The molecule has 1 aromatic carbocycles. The molecule has 0 aliphatic rings. The van der Waals surface area contributed by atoms with Gasteiger partial charge in [-0.15, -0.1) is 6.42 Å². The first-order valence-electron chi connectivity index (χ1n) is 5.70. The number of ether oxygens (including phenoxy) is 1. The maximum atomic E-state index is 12.4. The van der Waals surface area contributed by atoms with Gasteiger partial charge >= 0.3 is 0 Å². The van der Waals surface area contributed by atoms with Crippen molar-refractivity contribution in [2.45, 2.75) is 13.3 Å². The Hall–Kier alpha value is -1.47. The Morgan fingerprint density at radius 3 is 2.83 bits per heavy atom. The van der Waals surface area contributed by atoms with Crippen LogP contribution in [0.4, 0.5) is 0 Å². The molecule has 0 bridgehead atoms. The Morgan fingerprint density at radius 2 is 2.28 bits per heavy atom. The molecule has 0 atom stereocenters. The third-order valence-corrected chi connectivity index (χ3v) is 2.95. The van der Waals surface area contributed by atoms with Crippen molar-refractivity contribution in [1.29, 1.82) is 0 Å². The van der Waals surface area contributed by atoms with Crippen molar-refractivity contribution in [1.82, 2.24) is 4.90 Å². The number of halogens is 1. The van der Waals surface area contributed by atoms with Crippen molar-refractivity contribution in [3.63, 3.8) is 0 Å². The quantitative estimate of drug-likeness (QED) is 0.783. The molecule has 0 radical (unpaired) electrons. The van der Waals surface area contributed by atoms with E-state index in [-0.39, 0.29) is 5.91 Å². The van der Waals surface area contributed by atoms with Gasteiger partial charge < -0.3 is 9.64 Å². The minimum Gasteiger partial charge on any atom is -0.496 e. The predicted molar refractivity (Wildman–Crippen MR) is 75.7 cm³/mol. The molecule has 0 heterocycles. The fourth-order valence-electron chi connectivity index (χ4n) is 1.64. The molecule has 0 saturated heterocycles. The van der Waals surface area contributed by atoms with Gasteiger partial charge in [-0.05, 0) is 24.6 Å². The topological polar surface area (TPSA) is 29.5 Å². The molecule has 3 nitrogen and oxygen atoms in total. The second kappa shape index (κ2) is 7.07. The van der Waals surface area contributed by atoms with Crippen molar-refractivity contribution in [2.24, 2.45) is 0 Å². The molecular formula is C14H16BrNO2. The first-order chi connectivity index (χ1) is 8.63. The molecule has 1 rings (SSSR count). The van der Waals surface area contributed by atoms with Gasteiger partial charge in [-0.1, -0.05) is 28.8 Å². The van der Waals surface area contributed by atoms with Gasteiger partial charge in [0.2, 0.25) is 0 Å². The van der Waals surface area contributed by atoms with Crippen molar-refractivity contribution >= 4 is 21.8 Å². The van der Waals surface area contributed by atoms with Crippen molar-refractivity contribution in [3.8, 4) is 18.1 Å². The van der Waals surface area contributed by atoms with Crippen LogP contribution in [0.25, 0.3) is 0 Å². The highest BCUT2D eigenvalue weighted by Gasteiger charge is 2.18. The molecule has 18 heavy (non-hydrogen) atoms. The summed E-state index contributed by atoms with van der Waals surface area (Å²) in [6.45, 7) is 2.96. The number of carbonyl (C=O) groups is 1. The summed E-state index contributed by atoms with van der Waals surface area (Å²) in [5.41, 5.74) is 0.532. The second-order valence-corrected chi connectivity index (χ2v) is 4.69. The van der Waals surface area contributed by atoms with Gasteiger partial charge in [0.05, 0.1) is 19.2 Å². The molecule has 0 aromatic heterocycles. The zero-order valence-electron chi connectivity index (χ0n) is 10.6. The van der Waals surface area contributed by atoms with Crippen LogP contribution in [-0.2, 0) is 0 Å². The van der Waals surface area contributed by atoms with Crippen LogP contribution < -0.4 is 4.74 Å². The summed E-state index contributed by atoms with van der Waals surface area (Å²) < 4.78 is 6.09. The van der Waals surface area contributed by atoms with E-state index in [0.717, 1.165) is 10.9 Å². The summed E-state index contributed by atoms with van der Waals surface area (Å²) in [6.07, 6.45) is 6.15. The molecular weight excluding hydrogens is 294 g/mol. The van der Waals surface area contributed by atoms with Crippen LogP contribution in [0.5, 0.6) is 5.75 Å². The monoisotopic (exact) mass is 309 g/mol. The highest BCUT2D eigenvalue weighted by atomic mass is 79.9. The summed E-state index contributed by atoms with van der Waals surface area (Å²) in [4.78, 5) is 14.0. The van der Waals surface area contributed by atoms with E-state index in [4.69, 9.17) is 11.2 Å². The number of hydrogen-bond acceptors (Lipinski definition) is 2. The van der Waals surface area contributed by atoms with Crippen molar-refractivity contribution in [3.05, 3.63) is 28.2 Å². The number of methoxy groups -OCH3 is 1. The number of amides is 1. The van der Waals surface area contributed by atoms with E-state index in [1.54, 1.807) is 24.1 Å². The second-order valence-electron chi connectivity index (χ2n) is 3.78. The molecule has 4 heteroatoms. The van der Waals surface area contributed by atoms with E-state index in [0.29, 0.717) is 24.4 Å². The summed E-state index contributed by atoms with van der Waals surface area (Å²) in [6, 6.07) is 5.33. The Kier molecular flexibility index (Phi) is 5.73. The average molecular weight is 310 g/mol. The lowest BCUT2D eigenvalue weighted by molar-refractivity contribution is 0.0773. The normalized spacial score (nSPS) is 9.67. The molecule has 0 unspecified atom stereocenters. The Bertz CT molecular complexity index is 465. The number of rotatable bonds is 5. The number of hydrogen-bond donors (Lipinski definition) is 0. The Morgan fingerprint density at radius 1 is 1.56 bits per heavy atom. The molecule has 0 aliphatic heterocycles. The van der Waals surface area contributed by atoms with Gasteiger partial charge in [-0.25, -0.2) is 0 Å². The molecule has 0 spiro atoms. The summed E-state index contributed by atoms with van der Waals surface area (Å²) in [5.74, 6) is 2.96. The highest BCUT2D eigenvalue weighted by Crippen LogP contribution is 2.24. The number of terminal acetylenes is 1. The smallest absolute Gasteiger partial charge is 0.258 e. The first-order valence-corrected chi connectivity index (χ1v) is 6.49. The van der Waals surface area contributed by atoms with E-state index < -0.39 is 0 Å². The molecule has 1 aromatic rings. The number of benzene rings is 1. The lowest BCUT2D eigenvalue weighted by atomic mass is 10.1. The molecule has 0 aliphatic carbocycles. The largest absolute Gasteiger partial charge is 0.496 e. The third-order valence-electron chi connectivity index (χ3n) is 2.46. The van der Waals surface area contributed by atoms with Gasteiger partial charge in [0, 0.05) is 11.0 Å². The van der Waals surface area contributed by atoms with Gasteiger partial charge in [-0.3, -0.25) is 4.79 Å². The maximum absolute atomic E-state index is 12.4. The summed E-state index contributed by atoms with van der Waals surface area (Å²) >= 11 is 3.35. The van der Waals surface area contributed by atoms with Crippen LogP contribution in [0.2, 0.25) is 0 Å². The number of carbonyl (C=O) groups excluding carboxylic acids is 1. The van der Waals surface area contributed by atoms with Crippen LogP contribution in [0.15, 0.2) is 22.7 Å². The van der Waals surface area contributed by atoms with Gasteiger partial charge in [0.1, 0.15) is 5.75 Å². The van der Waals surface area contributed by atoms with E-state index in [2.05, 4.69) is 21.9 Å². The molecule has 0 N–H and O–H groups in total. The number of nitrogens with zero attached hydrogens (tertiary/aromatic N) is 1. The third kappa shape index (κ3) is 3.51. The Labute approximate surface area is 116 Å². The summed E-state index contributed by atoms with van der Waals surface area (Å²) in [7, 11) is 1.55. The van der Waals surface area contributed by atoms with Crippen molar-refractivity contribution in [2.75, 3.05) is 20.2 Å². The lowest BCUT2D eigenvalue weighted by Gasteiger charge is -2.20. The Balaban J connectivity index is 3.04. The fraction of sp³-hybridized carbons (Fsp3) is 0.357. The van der Waals surface area contributed by atoms with E-state index in [1.165, 1.54) is 0 Å². The standard InChI is InChI=1S/C14H16BrNO2/c1-4-8-16(9-5-2)14(17)12-7-6-11(15)10-13(12)18-3/h1,6-7,10H,5,8-9H2,2-3H3. The lowest BCUT2D eigenvalue weighted by Crippen LogP contribution is -2.32. The first kappa shape index (κ1) is 14.6.